The lowest BCUT2D eigenvalue weighted by Crippen LogP contribution is -2.29. The van der Waals surface area contributed by atoms with Crippen LogP contribution in [-0.4, -0.2) is 34.0 Å². The molecule has 1 aromatic carbocycles. The van der Waals surface area contributed by atoms with Crippen molar-refractivity contribution in [1.82, 2.24) is 14.9 Å². The SMILES string of the molecule is Cc1oc(-c2ccc(-c3cccnc3)cc2)nc1CCN1CCC[C@H]1C.Cl.Cl. The van der Waals surface area contributed by atoms with Crippen LogP contribution in [-0.2, 0) is 6.42 Å². The third kappa shape index (κ3) is 4.93. The third-order valence-corrected chi connectivity index (χ3v) is 5.35. The van der Waals surface area contributed by atoms with E-state index in [2.05, 4.69) is 47.1 Å². The summed E-state index contributed by atoms with van der Waals surface area (Å²) in [4.78, 5) is 11.5. The highest BCUT2D eigenvalue weighted by atomic mass is 35.5. The van der Waals surface area contributed by atoms with Crippen LogP contribution in [0.5, 0.6) is 0 Å². The topological polar surface area (TPSA) is 42.2 Å². The summed E-state index contributed by atoms with van der Waals surface area (Å²) in [6, 6.07) is 13.0. The van der Waals surface area contributed by atoms with E-state index in [9.17, 15) is 0 Å². The Morgan fingerprint density at radius 1 is 1.07 bits per heavy atom. The minimum absolute atomic E-state index is 0. The Bertz CT molecular complexity index is 865. The second kappa shape index (κ2) is 10.1. The Hall–Kier alpha value is -1.88. The Balaban J connectivity index is 0.00000140. The fourth-order valence-electron chi connectivity index (χ4n) is 3.70. The molecule has 4 rings (SSSR count). The molecule has 2 aromatic heterocycles. The summed E-state index contributed by atoms with van der Waals surface area (Å²) >= 11 is 0. The quantitative estimate of drug-likeness (QED) is 0.540. The molecule has 150 valence electrons. The summed E-state index contributed by atoms with van der Waals surface area (Å²) in [7, 11) is 0. The van der Waals surface area contributed by atoms with Crippen LogP contribution in [0.25, 0.3) is 22.6 Å². The molecular weight excluding hydrogens is 393 g/mol. The number of hydrogen-bond donors (Lipinski definition) is 0. The van der Waals surface area contributed by atoms with Crippen molar-refractivity contribution in [2.75, 3.05) is 13.1 Å². The summed E-state index contributed by atoms with van der Waals surface area (Å²) in [5, 5.41) is 0. The van der Waals surface area contributed by atoms with Crippen molar-refractivity contribution in [2.24, 2.45) is 0 Å². The summed E-state index contributed by atoms with van der Waals surface area (Å²) < 4.78 is 5.95. The molecule has 28 heavy (non-hydrogen) atoms. The average Bonchev–Trinajstić information content (AvgIpc) is 3.26. The zero-order valence-corrected chi connectivity index (χ0v) is 17.9. The number of oxazole rings is 1. The average molecular weight is 420 g/mol. The molecule has 4 nitrogen and oxygen atoms in total. The van der Waals surface area contributed by atoms with Gasteiger partial charge in [0, 0.05) is 37.0 Å². The standard InChI is InChI=1S/C22H25N3O.2ClH/c1-16-5-4-13-25(16)14-11-21-17(2)26-22(24-21)19-9-7-18(8-10-19)20-6-3-12-23-15-20;;/h3,6-10,12,15-16H,4-5,11,13-14H2,1-2H3;2*1H/t16-;;/m1../s1. The van der Waals surface area contributed by atoms with Gasteiger partial charge in [-0.05, 0) is 62.6 Å². The number of halogens is 2. The number of pyridine rings is 1. The van der Waals surface area contributed by atoms with E-state index in [1.165, 1.54) is 19.4 Å². The maximum atomic E-state index is 5.95. The van der Waals surface area contributed by atoms with Crippen LogP contribution in [0, 0.1) is 6.92 Å². The maximum absolute atomic E-state index is 5.95. The molecule has 0 saturated carbocycles. The van der Waals surface area contributed by atoms with Crippen LogP contribution in [0.4, 0.5) is 0 Å². The highest BCUT2D eigenvalue weighted by Crippen LogP contribution is 2.26. The molecular formula is C22H27Cl2N3O. The van der Waals surface area contributed by atoms with E-state index < -0.39 is 0 Å². The van der Waals surface area contributed by atoms with E-state index in [0.29, 0.717) is 11.9 Å². The number of rotatable bonds is 5. The molecule has 0 unspecified atom stereocenters. The molecule has 0 spiro atoms. The number of hydrogen-bond acceptors (Lipinski definition) is 4. The predicted molar refractivity (Wildman–Crippen MR) is 118 cm³/mol. The zero-order chi connectivity index (χ0) is 17.9. The van der Waals surface area contributed by atoms with Gasteiger partial charge in [0.25, 0.3) is 0 Å². The highest BCUT2D eigenvalue weighted by molar-refractivity contribution is 5.85. The van der Waals surface area contributed by atoms with E-state index in [1.54, 1.807) is 6.20 Å². The van der Waals surface area contributed by atoms with E-state index in [4.69, 9.17) is 9.40 Å². The first kappa shape index (κ1) is 22.4. The molecule has 0 radical (unpaired) electrons. The fourth-order valence-corrected chi connectivity index (χ4v) is 3.70. The summed E-state index contributed by atoms with van der Waals surface area (Å²) in [6.07, 6.45) is 7.24. The van der Waals surface area contributed by atoms with Crippen molar-refractivity contribution < 1.29 is 4.42 Å². The molecule has 0 bridgehead atoms. The van der Waals surface area contributed by atoms with Crippen molar-refractivity contribution in [2.45, 2.75) is 39.2 Å². The van der Waals surface area contributed by atoms with Crippen molar-refractivity contribution in [3.63, 3.8) is 0 Å². The van der Waals surface area contributed by atoms with Crippen LogP contribution < -0.4 is 0 Å². The van der Waals surface area contributed by atoms with Gasteiger partial charge in [0.15, 0.2) is 0 Å². The smallest absolute Gasteiger partial charge is 0.226 e. The van der Waals surface area contributed by atoms with Crippen molar-refractivity contribution in [3.05, 3.63) is 60.2 Å². The molecule has 3 aromatic rings. The van der Waals surface area contributed by atoms with E-state index >= 15 is 0 Å². The largest absolute Gasteiger partial charge is 0.441 e. The normalized spacial score (nSPS) is 16.4. The monoisotopic (exact) mass is 419 g/mol. The number of aromatic nitrogens is 2. The Kier molecular flexibility index (Phi) is 8.05. The Labute approximate surface area is 179 Å². The number of likely N-dealkylation sites (tertiary alicyclic amines) is 1. The third-order valence-electron chi connectivity index (χ3n) is 5.35. The lowest BCUT2D eigenvalue weighted by molar-refractivity contribution is 0.271. The predicted octanol–water partition coefficient (Wildman–Crippen LogP) is 5.58. The Morgan fingerprint density at radius 3 is 2.46 bits per heavy atom. The second-order valence-electron chi connectivity index (χ2n) is 7.12. The highest BCUT2D eigenvalue weighted by Gasteiger charge is 2.21. The van der Waals surface area contributed by atoms with Crippen LogP contribution in [0.1, 0.15) is 31.2 Å². The molecule has 1 fully saturated rings. The van der Waals surface area contributed by atoms with Gasteiger partial charge >= 0.3 is 0 Å². The van der Waals surface area contributed by atoms with Gasteiger partial charge in [-0.15, -0.1) is 24.8 Å². The molecule has 1 saturated heterocycles. The summed E-state index contributed by atoms with van der Waals surface area (Å²) in [5.74, 6) is 1.65. The summed E-state index contributed by atoms with van der Waals surface area (Å²) in [5.41, 5.74) is 4.35. The number of nitrogens with zero attached hydrogens (tertiary/aromatic N) is 3. The van der Waals surface area contributed by atoms with Gasteiger partial charge in [0.2, 0.25) is 5.89 Å². The lowest BCUT2D eigenvalue weighted by Gasteiger charge is -2.20. The lowest BCUT2D eigenvalue weighted by atomic mass is 10.1. The van der Waals surface area contributed by atoms with Gasteiger partial charge in [0.05, 0.1) is 5.69 Å². The van der Waals surface area contributed by atoms with Crippen molar-refractivity contribution >= 4 is 24.8 Å². The maximum Gasteiger partial charge on any atom is 0.226 e. The van der Waals surface area contributed by atoms with Crippen LogP contribution in [0.3, 0.4) is 0 Å². The van der Waals surface area contributed by atoms with Crippen LogP contribution in [0.2, 0.25) is 0 Å². The zero-order valence-electron chi connectivity index (χ0n) is 16.3. The van der Waals surface area contributed by atoms with Crippen molar-refractivity contribution in [1.29, 1.82) is 0 Å². The summed E-state index contributed by atoms with van der Waals surface area (Å²) in [6.45, 7) is 6.61. The van der Waals surface area contributed by atoms with Crippen LogP contribution >= 0.6 is 24.8 Å². The molecule has 6 heteroatoms. The molecule has 1 aliphatic rings. The van der Waals surface area contributed by atoms with Crippen molar-refractivity contribution in [3.8, 4) is 22.6 Å². The van der Waals surface area contributed by atoms with E-state index in [-0.39, 0.29) is 24.8 Å². The minimum Gasteiger partial charge on any atom is -0.441 e. The number of benzene rings is 1. The van der Waals surface area contributed by atoms with Gasteiger partial charge < -0.3 is 9.32 Å². The first-order valence-electron chi connectivity index (χ1n) is 9.42. The van der Waals surface area contributed by atoms with Gasteiger partial charge in [0.1, 0.15) is 5.76 Å². The molecule has 0 amide bonds. The Morgan fingerprint density at radius 2 is 1.82 bits per heavy atom. The van der Waals surface area contributed by atoms with Gasteiger partial charge in [-0.1, -0.05) is 18.2 Å². The first-order chi connectivity index (χ1) is 12.7. The first-order valence-corrected chi connectivity index (χ1v) is 9.42. The van der Waals surface area contributed by atoms with Gasteiger partial charge in [-0.2, -0.15) is 0 Å². The van der Waals surface area contributed by atoms with E-state index in [0.717, 1.165) is 41.1 Å². The fraction of sp³-hybridized carbons (Fsp3) is 0.364. The van der Waals surface area contributed by atoms with Gasteiger partial charge in [-0.25, -0.2) is 4.98 Å². The minimum atomic E-state index is 0. The second-order valence-corrected chi connectivity index (χ2v) is 7.12. The van der Waals surface area contributed by atoms with E-state index in [1.807, 2.05) is 19.2 Å². The molecule has 0 aliphatic carbocycles. The molecule has 0 N–H and O–H groups in total. The molecule has 1 atom stereocenters. The molecule has 3 heterocycles. The van der Waals surface area contributed by atoms with Crippen LogP contribution in [0.15, 0.2) is 53.2 Å². The van der Waals surface area contributed by atoms with Gasteiger partial charge in [-0.3, -0.25) is 4.98 Å². The number of aryl methyl sites for hydroxylation is 1. The molecule has 1 aliphatic heterocycles.